The fraction of sp³-hybridized carbons (Fsp3) is 0.167. The molecule has 1 saturated heterocycles. The van der Waals surface area contributed by atoms with E-state index in [9.17, 15) is 18.0 Å². The van der Waals surface area contributed by atoms with Crippen molar-refractivity contribution in [3.8, 4) is 0 Å². The molecule has 33 heavy (non-hydrogen) atoms. The molecule has 2 amide bonds. The fourth-order valence-corrected chi connectivity index (χ4v) is 5.64. The highest BCUT2D eigenvalue weighted by Gasteiger charge is 2.47. The third-order valence-electron chi connectivity index (χ3n) is 5.43. The summed E-state index contributed by atoms with van der Waals surface area (Å²) in [4.78, 5) is 27.3. The van der Waals surface area contributed by atoms with Crippen LogP contribution in [0.1, 0.15) is 17.5 Å². The Bertz CT molecular complexity index is 1290. The van der Waals surface area contributed by atoms with Gasteiger partial charge in [0.25, 0.3) is 5.91 Å². The maximum atomic E-state index is 13.7. The summed E-state index contributed by atoms with van der Waals surface area (Å²) in [6, 6.07) is 18.7. The second-order valence-electron chi connectivity index (χ2n) is 7.75. The monoisotopic (exact) mass is 546 g/mol. The highest BCUT2D eigenvalue weighted by atomic mass is 79.9. The lowest BCUT2D eigenvalue weighted by molar-refractivity contribution is -0.122. The summed E-state index contributed by atoms with van der Waals surface area (Å²) in [5.74, 6) is -1.05. The van der Waals surface area contributed by atoms with Crippen LogP contribution in [0, 0.1) is 6.92 Å². The number of sulfonamides is 1. The summed E-state index contributed by atoms with van der Waals surface area (Å²) in [6.07, 6.45) is -0.247. The van der Waals surface area contributed by atoms with Gasteiger partial charge in [-0.15, -0.1) is 0 Å². The summed E-state index contributed by atoms with van der Waals surface area (Å²) in [6.45, 7) is 1.89. The van der Waals surface area contributed by atoms with Gasteiger partial charge >= 0.3 is 0 Å². The van der Waals surface area contributed by atoms with Crippen LogP contribution < -0.4 is 4.90 Å². The average Bonchev–Trinajstić information content (AvgIpc) is 3.07. The molecule has 0 N–H and O–H groups in total. The summed E-state index contributed by atoms with van der Waals surface area (Å²) < 4.78 is 29.2. The highest BCUT2D eigenvalue weighted by Crippen LogP contribution is 2.31. The molecular weight excluding hydrogens is 528 g/mol. The molecule has 1 aliphatic rings. The van der Waals surface area contributed by atoms with Crippen molar-refractivity contribution in [3.05, 3.63) is 93.4 Å². The quantitative estimate of drug-likeness (QED) is 0.410. The minimum absolute atomic E-state index is 0.0444. The Labute approximate surface area is 206 Å². The Kier molecular flexibility index (Phi) is 6.72. The van der Waals surface area contributed by atoms with Gasteiger partial charge in [0.15, 0.2) is 0 Å². The average molecular weight is 548 g/mol. The lowest BCUT2D eigenvalue weighted by Gasteiger charge is -2.27. The van der Waals surface area contributed by atoms with Gasteiger partial charge in [0, 0.05) is 16.0 Å². The van der Waals surface area contributed by atoms with E-state index < -0.39 is 27.9 Å². The van der Waals surface area contributed by atoms with Crippen LogP contribution in [0.25, 0.3) is 0 Å². The standard InChI is InChI=1S/C24H20BrClN2O4S/c1-16-2-4-17(5-3-16)15-27(33(31,32)21-12-6-18(25)7-13-21)22-14-23(29)28(24(22)30)20-10-8-19(26)9-11-20/h2-13,22H,14-15H2,1H3. The van der Waals surface area contributed by atoms with Crippen LogP contribution in [0.5, 0.6) is 0 Å². The zero-order chi connectivity index (χ0) is 23.8. The van der Waals surface area contributed by atoms with E-state index >= 15 is 0 Å². The normalized spacial score (nSPS) is 16.6. The molecule has 1 heterocycles. The lowest BCUT2D eigenvalue weighted by Crippen LogP contribution is -2.45. The number of hydrogen-bond donors (Lipinski definition) is 0. The van der Waals surface area contributed by atoms with Crippen LogP contribution in [-0.4, -0.2) is 30.6 Å². The Hall–Kier alpha value is -2.52. The first kappa shape index (κ1) is 23.6. The first-order valence-electron chi connectivity index (χ1n) is 10.1. The van der Waals surface area contributed by atoms with Gasteiger partial charge in [0.2, 0.25) is 15.9 Å². The van der Waals surface area contributed by atoms with E-state index in [4.69, 9.17) is 11.6 Å². The predicted octanol–water partition coefficient (Wildman–Crippen LogP) is 4.93. The molecular formula is C24H20BrClN2O4S. The Morgan fingerprint density at radius 2 is 1.58 bits per heavy atom. The van der Waals surface area contributed by atoms with E-state index in [1.807, 2.05) is 31.2 Å². The van der Waals surface area contributed by atoms with Crippen molar-refractivity contribution in [2.45, 2.75) is 30.8 Å². The Balaban J connectivity index is 1.74. The number of aryl methyl sites for hydroxylation is 1. The number of rotatable bonds is 6. The summed E-state index contributed by atoms with van der Waals surface area (Å²) >= 11 is 9.24. The smallest absolute Gasteiger partial charge is 0.252 e. The number of amides is 2. The second-order valence-corrected chi connectivity index (χ2v) is 11.0. The minimum Gasteiger partial charge on any atom is -0.274 e. The number of nitrogens with zero attached hydrogens (tertiary/aromatic N) is 2. The van der Waals surface area contributed by atoms with Gasteiger partial charge in [-0.1, -0.05) is 57.4 Å². The molecule has 0 aliphatic carbocycles. The maximum Gasteiger partial charge on any atom is 0.252 e. The summed E-state index contributed by atoms with van der Waals surface area (Å²) in [7, 11) is -4.09. The number of anilines is 1. The van der Waals surface area contributed by atoms with E-state index in [0.717, 1.165) is 19.2 Å². The van der Waals surface area contributed by atoms with Crippen LogP contribution in [0.4, 0.5) is 5.69 Å². The SMILES string of the molecule is Cc1ccc(CN(C2CC(=O)N(c3ccc(Cl)cc3)C2=O)S(=O)(=O)c2ccc(Br)cc2)cc1. The minimum atomic E-state index is -4.09. The molecule has 3 aromatic rings. The molecule has 1 unspecified atom stereocenters. The molecule has 0 aromatic heterocycles. The zero-order valence-corrected chi connectivity index (χ0v) is 20.8. The molecule has 1 atom stereocenters. The lowest BCUT2D eigenvalue weighted by atomic mass is 10.1. The third-order valence-corrected chi connectivity index (χ3v) is 8.08. The summed E-state index contributed by atoms with van der Waals surface area (Å²) in [5.41, 5.74) is 2.10. The number of halogens is 2. The van der Waals surface area contributed by atoms with Crippen molar-refractivity contribution in [2.75, 3.05) is 4.90 Å². The third kappa shape index (κ3) is 4.89. The van der Waals surface area contributed by atoms with Gasteiger partial charge in [-0.05, 0) is 61.0 Å². The molecule has 0 spiro atoms. The predicted molar refractivity (Wildman–Crippen MR) is 130 cm³/mol. The molecule has 3 aromatic carbocycles. The molecule has 4 rings (SSSR count). The van der Waals surface area contributed by atoms with Gasteiger partial charge in [-0.25, -0.2) is 13.3 Å². The van der Waals surface area contributed by atoms with Crippen molar-refractivity contribution in [2.24, 2.45) is 0 Å². The van der Waals surface area contributed by atoms with Crippen LogP contribution in [-0.2, 0) is 26.2 Å². The van der Waals surface area contributed by atoms with Crippen molar-refractivity contribution in [1.29, 1.82) is 0 Å². The molecule has 170 valence electrons. The van der Waals surface area contributed by atoms with Crippen molar-refractivity contribution >= 4 is 55.1 Å². The largest absolute Gasteiger partial charge is 0.274 e. The van der Waals surface area contributed by atoms with Crippen molar-refractivity contribution in [3.63, 3.8) is 0 Å². The second kappa shape index (κ2) is 9.38. The number of carbonyl (C=O) groups is 2. The van der Waals surface area contributed by atoms with E-state index in [1.165, 1.54) is 12.1 Å². The highest BCUT2D eigenvalue weighted by molar-refractivity contribution is 9.10. The van der Waals surface area contributed by atoms with Crippen LogP contribution in [0.15, 0.2) is 82.2 Å². The van der Waals surface area contributed by atoms with Crippen molar-refractivity contribution in [1.82, 2.24) is 4.31 Å². The number of hydrogen-bond acceptors (Lipinski definition) is 4. The molecule has 0 bridgehead atoms. The van der Waals surface area contributed by atoms with Crippen LogP contribution in [0.2, 0.25) is 5.02 Å². The van der Waals surface area contributed by atoms with Crippen LogP contribution in [0.3, 0.4) is 0 Å². The van der Waals surface area contributed by atoms with E-state index in [2.05, 4.69) is 15.9 Å². The number of benzene rings is 3. The molecule has 6 nitrogen and oxygen atoms in total. The van der Waals surface area contributed by atoms with Gasteiger partial charge in [-0.2, -0.15) is 4.31 Å². The molecule has 1 fully saturated rings. The van der Waals surface area contributed by atoms with Gasteiger partial charge in [0.05, 0.1) is 17.0 Å². The molecule has 1 aliphatic heterocycles. The summed E-state index contributed by atoms with van der Waals surface area (Å²) in [5, 5.41) is 0.466. The van der Waals surface area contributed by atoms with Gasteiger partial charge in [-0.3, -0.25) is 9.59 Å². The molecule has 9 heteroatoms. The number of imide groups is 1. The van der Waals surface area contributed by atoms with Gasteiger partial charge in [0.1, 0.15) is 6.04 Å². The first-order valence-corrected chi connectivity index (χ1v) is 12.7. The van der Waals surface area contributed by atoms with E-state index in [1.54, 1.807) is 36.4 Å². The first-order chi connectivity index (χ1) is 15.7. The Morgan fingerprint density at radius 3 is 2.18 bits per heavy atom. The molecule has 0 saturated carbocycles. The fourth-order valence-electron chi connectivity index (χ4n) is 3.68. The van der Waals surface area contributed by atoms with E-state index in [-0.39, 0.29) is 17.9 Å². The zero-order valence-electron chi connectivity index (χ0n) is 17.6. The van der Waals surface area contributed by atoms with E-state index in [0.29, 0.717) is 16.3 Å². The van der Waals surface area contributed by atoms with Crippen molar-refractivity contribution < 1.29 is 18.0 Å². The molecule has 0 radical (unpaired) electrons. The Morgan fingerprint density at radius 1 is 0.970 bits per heavy atom. The topological polar surface area (TPSA) is 74.8 Å². The van der Waals surface area contributed by atoms with Crippen LogP contribution >= 0.6 is 27.5 Å². The van der Waals surface area contributed by atoms with Gasteiger partial charge < -0.3 is 0 Å². The maximum absolute atomic E-state index is 13.7. The number of carbonyl (C=O) groups excluding carboxylic acids is 2.